The molecule has 1 aromatic heterocycles. The number of imide groups is 1. The van der Waals surface area contributed by atoms with Crippen LogP contribution < -0.4 is 15.5 Å². The number of pyridine rings is 1. The van der Waals surface area contributed by atoms with Gasteiger partial charge in [-0.05, 0) is 66.7 Å². The van der Waals surface area contributed by atoms with Gasteiger partial charge in [0.2, 0.25) is 0 Å². The van der Waals surface area contributed by atoms with Gasteiger partial charge in [-0.25, -0.2) is 14.5 Å². The molecule has 0 saturated carbocycles. The monoisotopic (exact) mass is 515 g/mol. The van der Waals surface area contributed by atoms with Crippen molar-refractivity contribution in [3.05, 3.63) is 78.6 Å². The van der Waals surface area contributed by atoms with Crippen LogP contribution in [0.25, 0.3) is 0 Å². The molecule has 36 heavy (non-hydrogen) atoms. The van der Waals surface area contributed by atoms with Gasteiger partial charge in [-0.1, -0.05) is 18.2 Å². The van der Waals surface area contributed by atoms with Gasteiger partial charge in [0.05, 0.1) is 24.1 Å². The number of urea groups is 2. The number of amides is 5. The van der Waals surface area contributed by atoms with Crippen molar-refractivity contribution in [2.24, 2.45) is 0 Å². The number of carbonyl (C=O) groups is 3. The van der Waals surface area contributed by atoms with Crippen LogP contribution in [0.5, 0.6) is 0 Å². The summed E-state index contributed by atoms with van der Waals surface area (Å²) in [5.41, 5.74) is -2.79. The van der Waals surface area contributed by atoms with E-state index in [4.69, 9.17) is 0 Å². The first-order valence-corrected chi connectivity index (χ1v) is 11.5. The average molecular weight is 516 g/mol. The lowest BCUT2D eigenvalue weighted by Crippen LogP contribution is -2.34. The fourth-order valence-corrected chi connectivity index (χ4v) is 4.15. The largest absolute Gasteiger partial charge is 0.446 e. The van der Waals surface area contributed by atoms with Crippen molar-refractivity contribution in [1.29, 1.82) is 0 Å². The van der Waals surface area contributed by atoms with Crippen LogP contribution in [0.2, 0.25) is 0 Å². The highest BCUT2D eigenvalue weighted by Gasteiger charge is 2.43. The third-order valence-corrected chi connectivity index (χ3v) is 6.08. The molecule has 0 radical (unpaired) electrons. The fourth-order valence-electron chi connectivity index (χ4n) is 3.61. The summed E-state index contributed by atoms with van der Waals surface area (Å²) in [5.74, 6) is -0.512. The highest BCUT2D eigenvalue weighted by Crippen LogP contribution is 2.38. The lowest BCUT2D eigenvalue weighted by atomic mass is 10.2. The van der Waals surface area contributed by atoms with Crippen LogP contribution in [-0.4, -0.2) is 39.4 Å². The molecule has 12 heteroatoms. The van der Waals surface area contributed by atoms with Crippen LogP contribution >= 0.6 is 11.8 Å². The van der Waals surface area contributed by atoms with Crippen LogP contribution in [-0.2, 0) is 11.3 Å². The molecule has 1 atom stereocenters. The zero-order valence-corrected chi connectivity index (χ0v) is 19.6. The Bertz CT molecular complexity index is 1270. The smallest absolute Gasteiger partial charge is 0.308 e. The van der Waals surface area contributed by atoms with Crippen LogP contribution in [0.3, 0.4) is 0 Å². The third kappa shape index (κ3) is 5.77. The minimum atomic E-state index is -4.44. The maximum Gasteiger partial charge on any atom is 0.446 e. The summed E-state index contributed by atoms with van der Waals surface area (Å²) in [5, 5.41) is 5.39. The van der Waals surface area contributed by atoms with Crippen LogP contribution in [0.4, 0.5) is 39.8 Å². The van der Waals surface area contributed by atoms with E-state index in [0.29, 0.717) is 16.9 Å². The topological polar surface area (TPSA) is 94.6 Å². The number of rotatable bonds is 6. The van der Waals surface area contributed by atoms with Gasteiger partial charge in [0.15, 0.2) is 0 Å². The average Bonchev–Trinajstić information content (AvgIpc) is 3.03. The molecular weight excluding hydrogens is 495 g/mol. The highest BCUT2D eigenvalue weighted by molar-refractivity contribution is 8.00. The Hall–Kier alpha value is -4.06. The predicted molar refractivity (Wildman–Crippen MR) is 130 cm³/mol. The summed E-state index contributed by atoms with van der Waals surface area (Å²) < 4.78 is 37.8. The number of hydrogen-bond donors (Lipinski definition) is 2. The number of hydrogen-bond acceptors (Lipinski definition) is 5. The van der Waals surface area contributed by atoms with Crippen molar-refractivity contribution in [3.8, 4) is 0 Å². The Morgan fingerprint density at radius 3 is 2.39 bits per heavy atom. The molecule has 0 bridgehead atoms. The van der Waals surface area contributed by atoms with Gasteiger partial charge in [-0.2, -0.15) is 13.2 Å². The predicted octanol–water partition coefficient (Wildman–Crippen LogP) is 5.69. The number of anilines is 3. The summed E-state index contributed by atoms with van der Waals surface area (Å²) in [6, 6.07) is 13.5. The van der Waals surface area contributed by atoms with Gasteiger partial charge in [-0.15, -0.1) is 0 Å². The minimum Gasteiger partial charge on any atom is -0.308 e. The lowest BCUT2D eigenvalue weighted by Gasteiger charge is -2.21. The number of carbonyl (C=O) groups excluding carboxylic acids is 3. The summed E-state index contributed by atoms with van der Waals surface area (Å²) in [7, 11) is 0. The molecule has 5 amide bonds. The second-order valence-electron chi connectivity index (χ2n) is 7.78. The zero-order chi connectivity index (χ0) is 25.9. The number of benzene rings is 2. The van der Waals surface area contributed by atoms with Gasteiger partial charge in [0, 0.05) is 16.8 Å². The fraction of sp³-hybridized carbons (Fsp3) is 0.167. The van der Waals surface area contributed by atoms with E-state index in [9.17, 15) is 27.6 Å². The maximum atomic E-state index is 13.2. The van der Waals surface area contributed by atoms with Gasteiger partial charge >= 0.3 is 17.6 Å². The van der Waals surface area contributed by atoms with E-state index in [1.165, 1.54) is 41.6 Å². The SMILES string of the molecule is CC1C(=O)N(c2ccc(SC(F)(F)F)cc2)C(=O)N1Cc1ccncc1NC(=O)Nc1ccccc1. The number of halogens is 3. The lowest BCUT2D eigenvalue weighted by molar-refractivity contribution is -0.119. The highest BCUT2D eigenvalue weighted by atomic mass is 32.2. The number of nitrogens with one attached hydrogen (secondary N) is 2. The summed E-state index contributed by atoms with van der Waals surface area (Å²) in [6.45, 7) is 1.55. The summed E-state index contributed by atoms with van der Waals surface area (Å²) in [4.78, 5) is 44.7. The Kier molecular flexibility index (Phi) is 7.15. The molecule has 2 N–H and O–H groups in total. The first-order valence-electron chi connectivity index (χ1n) is 10.7. The zero-order valence-electron chi connectivity index (χ0n) is 18.8. The minimum absolute atomic E-state index is 0.00623. The molecule has 3 aromatic rings. The van der Waals surface area contributed by atoms with Gasteiger partial charge in [-0.3, -0.25) is 9.78 Å². The molecule has 2 heterocycles. The van der Waals surface area contributed by atoms with E-state index in [1.54, 1.807) is 37.3 Å². The molecule has 4 rings (SSSR count). The van der Waals surface area contributed by atoms with Crippen molar-refractivity contribution in [3.63, 3.8) is 0 Å². The molecule has 8 nitrogen and oxygen atoms in total. The molecule has 1 aliphatic rings. The Balaban J connectivity index is 1.49. The van der Waals surface area contributed by atoms with Gasteiger partial charge < -0.3 is 15.5 Å². The van der Waals surface area contributed by atoms with Gasteiger partial charge in [0.25, 0.3) is 5.91 Å². The molecular formula is C24H20F3N5O3S. The van der Waals surface area contributed by atoms with Crippen molar-refractivity contribution in [2.75, 3.05) is 15.5 Å². The molecule has 186 valence electrons. The Morgan fingerprint density at radius 2 is 1.72 bits per heavy atom. The molecule has 2 aromatic carbocycles. The first kappa shape index (κ1) is 25.0. The van der Waals surface area contributed by atoms with E-state index >= 15 is 0 Å². The number of nitrogens with zero attached hydrogens (tertiary/aromatic N) is 3. The van der Waals surface area contributed by atoms with E-state index in [1.807, 2.05) is 6.07 Å². The van der Waals surface area contributed by atoms with Crippen LogP contribution in [0.1, 0.15) is 12.5 Å². The molecule has 1 unspecified atom stereocenters. The maximum absolute atomic E-state index is 13.2. The van der Waals surface area contributed by atoms with Crippen LogP contribution in [0.15, 0.2) is 78.0 Å². The molecule has 1 fully saturated rings. The van der Waals surface area contributed by atoms with E-state index < -0.39 is 29.5 Å². The Morgan fingerprint density at radius 1 is 1.03 bits per heavy atom. The third-order valence-electron chi connectivity index (χ3n) is 5.34. The van der Waals surface area contributed by atoms with Crippen LogP contribution in [0, 0.1) is 0 Å². The molecule has 1 saturated heterocycles. The number of alkyl halides is 3. The van der Waals surface area contributed by atoms with Crippen molar-refractivity contribution in [1.82, 2.24) is 9.88 Å². The van der Waals surface area contributed by atoms with E-state index in [-0.39, 0.29) is 28.9 Å². The standard InChI is InChI=1S/C24H20F3N5O3S/c1-15-21(33)32(18-7-9-19(10-8-18)36-24(25,26)27)23(35)31(15)14-16-11-12-28-13-20(16)30-22(34)29-17-5-3-2-4-6-17/h2-13,15H,14H2,1H3,(H2,29,30,34). The molecule has 0 spiro atoms. The first-order chi connectivity index (χ1) is 17.1. The summed E-state index contributed by atoms with van der Waals surface area (Å²) >= 11 is -0.281. The second-order valence-corrected chi connectivity index (χ2v) is 8.92. The normalized spacial score (nSPS) is 15.8. The summed E-state index contributed by atoms with van der Waals surface area (Å²) in [6.07, 6.45) is 2.93. The Labute approximate surface area is 208 Å². The number of thioether (sulfide) groups is 1. The van der Waals surface area contributed by atoms with E-state index in [0.717, 1.165) is 4.90 Å². The quantitative estimate of drug-likeness (QED) is 0.325. The van der Waals surface area contributed by atoms with Crippen molar-refractivity contribution >= 4 is 46.8 Å². The second kappa shape index (κ2) is 10.3. The number of aromatic nitrogens is 1. The number of para-hydroxylation sites is 1. The van der Waals surface area contributed by atoms with Crippen molar-refractivity contribution in [2.45, 2.75) is 29.9 Å². The van der Waals surface area contributed by atoms with E-state index in [2.05, 4.69) is 15.6 Å². The molecule has 0 aliphatic carbocycles. The van der Waals surface area contributed by atoms with Crippen molar-refractivity contribution < 1.29 is 27.6 Å². The molecule has 1 aliphatic heterocycles. The van der Waals surface area contributed by atoms with Gasteiger partial charge in [0.1, 0.15) is 6.04 Å².